The number of carbonyl (C=O) groups is 1. The number of carbonyl (C=O) groups excluding carboxylic acids is 1. The molecule has 149 valence electrons. The van der Waals surface area contributed by atoms with Gasteiger partial charge in [-0.05, 0) is 62.3 Å². The molecule has 0 N–H and O–H groups in total. The Bertz CT molecular complexity index is 766. The predicted molar refractivity (Wildman–Crippen MR) is 112 cm³/mol. The maximum atomic E-state index is 12.6. The fraction of sp³-hybridized carbons (Fsp3) is 0.435. The first-order valence-electron chi connectivity index (χ1n) is 9.78. The maximum Gasteiger partial charge on any atom is 0.210 e. The topological polar surface area (TPSA) is 26.8 Å². The van der Waals surface area contributed by atoms with Crippen molar-refractivity contribution >= 4 is 16.7 Å². The molecule has 28 heavy (non-hydrogen) atoms. The van der Waals surface area contributed by atoms with Crippen LogP contribution in [0.3, 0.4) is 0 Å². The first-order valence-corrected chi connectivity index (χ1v) is 9.78. The van der Waals surface area contributed by atoms with Crippen LogP contribution in [0.5, 0.6) is 0 Å². The van der Waals surface area contributed by atoms with Crippen molar-refractivity contribution < 1.29 is 37.5 Å². The minimum atomic E-state index is -0.168. The minimum absolute atomic E-state index is 0. The molecule has 0 unspecified atom stereocenters. The molecule has 0 aromatic heterocycles. The molecule has 4 nitrogen and oxygen atoms in total. The summed E-state index contributed by atoms with van der Waals surface area (Å²) in [5, 5.41) is 2.70. The first kappa shape index (κ1) is 23.5. The zero-order valence-corrected chi connectivity index (χ0v) is 20.0. The number of hydrogen-bond donors (Lipinski definition) is 0. The van der Waals surface area contributed by atoms with Crippen LogP contribution >= 0.6 is 0 Å². The Morgan fingerprint density at radius 3 is 2.43 bits per heavy atom. The summed E-state index contributed by atoms with van der Waals surface area (Å²) in [7, 11) is 7.73. The zero-order chi connectivity index (χ0) is 19.4. The van der Waals surface area contributed by atoms with E-state index in [0.29, 0.717) is 12.5 Å². The number of nitrogens with zero attached hydrogens (tertiary/aromatic N) is 3. The second-order valence-electron chi connectivity index (χ2n) is 7.72. The molecule has 3 rings (SSSR count). The van der Waals surface area contributed by atoms with E-state index in [1.165, 1.54) is 21.2 Å². The summed E-state index contributed by atoms with van der Waals surface area (Å²) >= 11 is 0. The predicted octanol–water partition coefficient (Wildman–Crippen LogP) is 3.40. The number of amides is 1. The van der Waals surface area contributed by atoms with Gasteiger partial charge in [-0.2, -0.15) is 0 Å². The van der Waals surface area contributed by atoms with E-state index >= 15 is 0 Å². The Morgan fingerprint density at radius 2 is 1.79 bits per heavy atom. The third kappa shape index (κ3) is 5.41. The van der Waals surface area contributed by atoms with Crippen LogP contribution < -0.4 is 0 Å². The van der Waals surface area contributed by atoms with E-state index in [-0.39, 0.29) is 44.7 Å². The number of piperidine rings is 1. The van der Waals surface area contributed by atoms with Crippen molar-refractivity contribution in [2.45, 2.75) is 24.8 Å². The van der Waals surface area contributed by atoms with Crippen molar-refractivity contribution in [3.8, 4) is 0 Å². The standard InChI is InChI=1S/C23H31N3O.Y/c1-5-25(4)23(27)22(24(2)3)17-26-15-13-19(14-16-26)21-12-8-10-18-9-6-7-11-20(18)21;/h6-12,19,22H,1,4-5,13-17H2,2-3H3;/q-2;/t22-;/m0./s1. The largest absolute Gasteiger partial charge is 0.520 e. The van der Waals surface area contributed by atoms with E-state index in [9.17, 15) is 4.79 Å². The Labute approximate surface area is 195 Å². The van der Waals surface area contributed by atoms with Crippen molar-refractivity contribution in [1.82, 2.24) is 14.7 Å². The molecule has 1 heterocycles. The van der Waals surface area contributed by atoms with Crippen molar-refractivity contribution in [3.63, 3.8) is 0 Å². The summed E-state index contributed by atoms with van der Waals surface area (Å²) in [6.07, 6.45) is 2.26. The molecular formula is C23H31N3OY-2. The quantitative estimate of drug-likeness (QED) is 0.627. The number of benzene rings is 2. The molecule has 2 aromatic rings. The smallest absolute Gasteiger partial charge is 0.210 e. The van der Waals surface area contributed by atoms with Gasteiger partial charge in [-0.15, -0.1) is 6.54 Å². The van der Waals surface area contributed by atoms with E-state index in [0.717, 1.165) is 32.5 Å². The Balaban J connectivity index is 0.00000280. The van der Waals surface area contributed by atoms with Gasteiger partial charge in [-0.3, -0.25) is 16.7 Å². The Hall–Kier alpha value is -0.806. The molecule has 1 atom stereocenters. The van der Waals surface area contributed by atoms with E-state index < -0.39 is 0 Å². The summed E-state index contributed by atoms with van der Waals surface area (Å²) < 4.78 is 0. The molecule has 0 aliphatic carbocycles. The van der Waals surface area contributed by atoms with Crippen molar-refractivity contribution in [2.75, 3.05) is 40.3 Å². The van der Waals surface area contributed by atoms with Gasteiger partial charge in [0.15, 0.2) is 0 Å². The van der Waals surface area contributed by atoms with Gasteiger partial charge in [0, 0.05) is 39.3 Å². The van der Waals surface area contributed by atoms with Crippen LogP contribution in [0.15, 0.2) is 42.5 Å². The molecule has 0 bridgehead atoms. The number of fused-ring (bicyclic) bond motifs is 1. The summed E-state index contributed by atoms with van der Waals surface area (Å²) in [4.78, 5) is 18.5. The van der Waals surface area contributed by atoms with Crippen LogP contribution in [0.2, 0.25) is 0 Å². The van der Waals surface area contributed by atoms with Crippen molar-refractivity contribution in [3.05, 3.63) is 62.0 Å². The van der Waals surface area contributed by atoms with Gasteiger partial charge in [0.2, 0.25) is 5.91 Å². The summed E-state index contributed by atoms with van der Waals surface area (Å²) in [6, 6.07) is 15.1. The zero-order valence-electron chi connectivity index (χ0n) is 17.2. The van der Waals surface area contributed by atoms with Gasteiger partial charge in [0.25, 0.3) is 0 Å². The van der Waals surface area contributed by atoms with E-state index in [1.807, 2.05) is 19.0 Å². The molecule has 5 heteroatoms. The van der Waals surface area contributed by atoms with Gasteiger partial charge >= 0.3 is 0 Å². The molecule has 2 aromatic carbocycles. The average molecular weight is 454 g/mol. The summed E-state index contributed by atoms with van der Waals surface area (Å²) in [6.45, 7) is 6.96. The third-order valence-corrected chi connectivity index (χ3v) is 5.77. The third-order valence-electron chi connectivity index (χ3n) is 5.77. The van der Waals surface area contributed by atoms with E-state index in [2.05, 4.69) is 61.3 Å². The van der Waals surface area contributed by atoms with Gasteiger partial charge in [0.05, 0.1) is 6.04 Å². The van der Waals surface area contributed by atoms with Crippen molar-refractivity contribution in [1.29, 1.82) is 0 Å². The summed E-state index contributed by atoms with van der Waals surface area (Å²) in [5.74, 6) is 0.635. The van der Waals surface area contributed by atoms with Crippen LogP contribution in [-0.2, 0) is 37.5 Å². The monoisotopic (exact) mass is 454 g/mol. The molecule has 1 amide bonds. The molecule has 1 aliphatic heterocycles. The summed E-state index contributed by atoms with van der Waals surface area (Å²) in [5.41, 5.74) is 1.47. The van der Waals surface area contributed by atoms with Crippen LogP contribution in [-0.4, -0.2) is 66.9 Å². The molecule has 0 spiro atoms. The molecule has 1 fully saturated rings. The molecule has 1 radical (unpaired) electrons. The molecule has 1 saturated heterocycles. The van der Waals surface area contributed by atoms with Crippen LogP contribution in [0, 0.1) is 14.0 Å². The first-order chi connectivity index (χ1) is 13.0. The van der Waals surface area contributed by atoms with Gasteiger partial charge in [0.1, 0.15) is 0 Å². The van der Waals surface area contributed by atoms with Gasteiger partial charge in [-0.1, -0.05) is 42.5 Å². The van der Waals surface area contributed by atoms with Gasteiger partial charge in [-0.25, -0.2) is 0 Å². The number of hydrogen-bond acceptors (Lipinski definition) is 3. The fourth-order valence-corrected chi connectivity index (χ4v) is 4.06. The van der Waals surface area contributed by atoms with Crippen LogP contribution in [0.1, 0.15) is 24.3 Å². The Morgan fingerprint density at radius 1 is 1.14 bits per heavy atom. The minimum Gasteiger partial charge on any atom is -0.520 e. The van der Waals surface area contributed by atoms with E-state index in [4.69, 9.17) is 0 Å². The molecule has 1 aliphatic rings. The normalized spacial score (nSPS) is 16.8. The van der Waals surface area contributed by atoms with E-state index in [1.54, 1.807) is 0 Å². The number of rotatable bonds is 6. The second kappa shape index (κ2) is 10.8. The number of likely N-dealkylation sites (N-methyl/N-ethyl adjacent to an activating group) is 1. The van der Waals surface area contributed by atoms with Crippen molar-refractivity contribution in [2.24, 2.45) is 0 Å². The van der Waals surface area contributed by atoms with Crippen LogP contribution in [0.4, 0.5) is 0 Å². The number of likely N-dealkylation sites (tertiary alicyclic amines) is 1. The Kier molecular flexibility index (Phi) is 9.07. The maximum absolute atomic E-state index is 12.6. The molecule has 0 saturated carbocycles. The molecular weight excluding hydrogens is 423 g/mol. The second-order valence-corrected chi connectivity index (χ2v) is 7.72. The average Bonchev–Trinajstić information content (AvgIpc) is 2.70. The van der Waals surface area contributed by atoms with Gasteiger partial charge < -0.3 is 16.7 Å². The SMILES string of the molecule is [CH2-]CN([CH2-])C(=O)[C@H](CN1CCC(c2cccc3ccccc23)CC1)N(C)C.[Y]. The fourth-order valence-electron chi connectivity index (χ4n) is 4.06. The van der Waals surface area contributed by atoms with Crippen LogP contribution in [0.25, 0.3) is 10.8 Å².